The van der Waals surface area contributed by atoms with Gasteiger partial charge >= 0.3 is 0 Å². The largest absolute Gasteiger partial charge is 0.339 e. The van der Waals surface area contributed by atoms with Gasteiger partial charge in [0.2, 0.25) is 5.91 Å². The second-order valence-corrected chi connectivity index (χ2v) is 8.58. The van der Waals surface area contributed by atoms with Crippen LogP contribution >= 0.6 is 11.8 Å². The fourth-order valence-electron chi connectivity index (χ4n) is 3.76. The molecule has 1 atom stereocenters. The lowest BCUT2D eigenvalue weighted by atomic mass is 10.0. The minimum Gasteiger partial charge on any atom is -0.339 e. The first-order valence-electron chi connectivity index (χ1n) is 9.87. The van der Waals surface area contributed by atoms with Crippen molar-refractivity contribution in [2.24, 2.45) is 0 Å². The van der Waals surface area contributed by atoms with Crippen LogP contribution in [-0.4, -0.2) is 44.1 Å². The van der Waals surface area contributed by atoms with Crippen LogP contribution in [0.2, 0.25) is 0 Å². The number of thioether (sulfide) groups is 1. The van der Waals surface area contributed by atoms with Crippen LogP contribution in [0.3, 0.4) is 0 Å². The lowest BCUT2D eigenvalue weighted by Gasteiger charge is -2.33. The fourth-order valence-corrected chi connectivity index (χ4v) is 4.65. The van der Waals surface area contributed by atoms with Gasteiger partial charge in [0.25, 0.3) is 0 Å². The summed E-state index contributed by atoms with van der Waals surface area (Å²) < 4.78 is 0. The van der Waals surface area contributed by atoms with Gasteiger partial charge in [-0.15, -0.1) is 0 Å². The van der Waals surface area contributed by atoms with Gasteiger partial charge < -0.3 is 9.88 Å². The molecule has 0 saturated carbocycles. The Kier molecular flexibility index (Phi) is 5.40. The summed E-state index contributed by atoms with van der Waals surface area (Å²) in [7, 11) is 0. The van der Waals surface area contributed by atoms with Crippen LogP contribution in [-0.2, 0) is 4.79 Å². The average Bonchev–Trinajstić information content (AvgIpc) is 3.09. The van der Waals surface area contributed by atoms with E-state index in [0.717, 1.165) is 46.8 Å². The number of hydrogen-bond acceptors (Lipinski definition) is 4. The normalized spacial score (nSPS) is 17.2. The van der Waals surface area contributed by atoms with Crippen molar-refractivity contribution in [3.05, 3.63) is 41.6 Å². The van der Waals surface area contributed by atoms with E-state index in [1.807, 2.05) is 17.0 Å². The van der Waals surface area contributed by atoms with Crippen LogP contribution in [0.25, 0.3) is 22.4 Å². The van der Waals surface area contributed by atoms with E-state index in [4.69, 9.17) is 4.98 Å². The molecule has 1 saturated heterocycles. The summed E-state index contributed by atoms with van der Waals surface area (Å²) in [6.45, 7) is 7.22. The Balaban J connectivity index is 1.56. The highest BCUT2D eigenvalue weighted by Gasteiger charge is 2.23. The number of aromatic nitrogens is 3. The van der Waals surface area contributed by atoms with Gasteiger partial charge in [0, 0.05) is 24.3 Å². The molecule has 0 unspecified atom stereocenters. The third-order valence-corrected chi connectivity index (χ3v) is 6.57. The zero-order chi connectivity index (χ0) is 19.7. The summed E-state index contributed by atoms with van der Waals surface area (Å²) in [5, 5.41) is 0.841. The molecule has 0 aliphatic carbocycles. The van der Waals surface area contributed by atoms with Crippen LogP contribution in [0.4, 0.5) is 0 Å². The number of rotatable bonds is 4. The van der Waals surface area contributed by atoms with E-state index in [9.17, 15) is 4.79 Å². The van der Waals surface area contributed by atoms with E-state index in [0.29, 0.717) is 11.8 Å². The maximum absolute atomic E-state index is 12.7. The third kappa shape index (κ3) is 3.78. The molecule has 1 amide bonds. The minimum absolute atomic E-state index is 0.199. The highest BCUT2D eigenvalue weighted by molar-refractivity contribution is 8.00. The maximum atomic E-state index is 12.7. The summed E-state index contributed by atoms with van der Waals surface area (Å²) in [5.74, 6) is 1.41. The summed E-state index contributed by atoms with van der Waals surface area (Å²) in [6, 6.07) is 8.51. The minimum atomic E-state index is 0.199. The fraction of sp³-hybridized carbons (Fsp3) is 0.409. The van der Waals surface area contributed by atoms with E-state index >= 15 is 0 Å². The summed E-state index contributed by atoms with van der Waals surface area (Å²) in [5.41, 5.74) is 5.39. The van der Waals surface area contributed by atoms with E-state index in [2.05, 4.69) is 42.9 Å². The van der Waals surface area contributed by atoms with Gasteiger partial charge in [-0.05, 0) is 75.4 Å². The molecule has 3 aromatic rings. The molecule has 28 heavy (non-hydrogen) atoms. The number of aromatic amines is 1. The zero-order valence-corrected chi connectivity index (χ0v) is 17.5. The summed E-state index contributed by atoms with van der Waals surface area (Å²) in [6.07, 6.45) is 5.20. The Morgan fingerprint density at radius 3 is 2.93 bits per heavy atom. The molecule has 1 N–H and O–H groups in total. The molecule has 5 nitrogen and oxygen atoms in total. The number of amides is 1. The Morgan fingerprint density at radius 1 is 1.29 bits per heavy atom. The van der Waals surface area contributed by atoms with Crippen molar-refractivity contribution in [1.29, 1.82) is 0 Å². The molecule has 0 spiro atoms. The highest BCUT2D eigenvalue weighted by Crippen LogP contribution is 2.30. The molecule has 146 valence electrons. The average molecular weight is 395 g/mol. The number of carbonyl (C=O) groups is 1. The standard InChI is InChI=1S/C22H26N4OS/c1-14-11-18-19(12-15(14)2)25-21(24-18)17-8-6-9-23-22(17)28-13-20(27)26-10-5-4-7-16(26)3/h6,8-9,11-12,16H,4-5,7,10,13H2,1-3H3,(H,24,25)/t16-/m1/s1. The number of pyridine rings is 1. The quantitative estimate of drug-likeness (QED) is 0.650. The van der Waals surface area contributed by atoms with Crippen molar-refractivity contribution in [3.8, 4) is 11.4 Å². The number of hydrogen-bond donors (Lipinski definition) is 1. The van der Waals surface area contributed by atoms with Gasteiger partial charge in [-0.3, -0.25) is 4.79 Å². The first kappa shape index (κ1) is 19.0. The molecular weight excluding hydrogens is 368 g/mol. The zero-order valence-electron chi connectivity index (χ0n) is 16.7. The lowest BCUT2D eigenvalue weighted by molar-refractivity contribution is -0.131. The van der Waals surface area contributed by atoms with E-state index < -0.39 is 0 Å². The molecule has 3 heterocycles. The molecule has 1 aliphatic rings. The van der Waals surface area contributed by atoms with E-state index in [-0.39, 0.29) is 5.91 Å². The molecule has 1 aliphatic heterocycles. The molecule has 0 bridgehead atoms. The topological polar surface area (TPSA) is 61.9 Å². The van der Waals surface area contributed by atoms with Crippen LogP contribution in [0.1, 0.15) is 37.3 Å². The molecule has 4 rings (SSSR count). The van der Waals surface area contributed by atoms with Crippen LogP contribution in [0.15, 0.2) is 35.5 Å². The molecule has 2 aromatic heterocycles. The number of H-pyrrole nitrogens is 1. The summed E-state index contributed by atoms with van der Waals surface area (Å²) >= 11 is 1.50. The molecule has 1 aromatic carbocycles. The monoisotopic (exact) mass is 394 g/mol. The smallest absolute Gasteiger partial charge is 0.233 e. The second kappa shape index (κ2) is 7.95. The summed E-state index contributed by atoms with van der Waals surface area (Å²) in [4.78, 5) is 27.4. The Hall–Kier alpha value is -2.34. The number of likely N-dealkylation sites (tertiary alicyclic amines) is 1. The maximum Gasteiger partial charge on any atom is 0.233 e. The predicted molar refractivity (Wildman–Crippen MR) is 115 cm³/mol. The molecular formula is C22H26N4OS. The highest BCUT2D eigenvalue weighted by atomic mass is 32.2. The number of nitrogens with one attached hydrogen (secondary N) is 1. The van der Waals surface area contributed by atoms with Gasteiger partial charge in [-0.2, -0.15) is 0 Å². The number of carbonyl (C=O) groups excluding carboxylic acids is 1. The number of aryl methyl sites for hydroxylation is 2. The van der Waals surface area contributed by atoms with Crippen molar-refractivity contribution in [2.75, 3.05) is 12.3 Å². The van der Waals surface area contributed by atoms with Crippen molar-refractivity contribution in [2.45, 2.75) is 51.1 Å². The van der Waals surface area contributed by atoms with Gasteiger partial charge in [-0.25, -0.2) is 9.97 Å². The number of piperidine rings is 1. The van der Waals surface area contributed by atoms with E-state index in [1.165, 1.54) is 29.3 Å². The number of imidazole rings is 1. The van der Waals surface area contributed by atoms with Gasteiger partial charge in [-0.1, -0.05) is 11.8 Å². The van der Waals surface area contributed by atoms with E-state index in [1.54, 1.807) is 6.20 Å². The predicted octanol–water partition coefficient (Wildman–Crippen LogP) is 4.73. The Labute approximate surface area is 170 Å². The van der Waals surface area contributed by atoms with Gasteiger partial charge in [0.1, 0.15) is 10.9 Å². The molecule has 6 heteroatoms. The van der Waals surface area contributed by atoms with Crippen molar-refractivity contribution < 1.29 is 4.79 Å². The third-order valence-electron chi connectivity index (χ3n) is 5.58. The van der Waals surface area contributed by atoms with Gasteiger partial charge in [0.15, 0.2) is 0 Å². The Bertz CT molecular complexity index is 974. The lowest BCUT2D eigenvalue weighted by Crippen LogP contribution is -2.42. The SMILES string of the molecule is Cc1cc2nc(-c3cccnc3SCC(=O)N3CCCC[C@H]3C)[nH]c2cc1C. The molecule has 1 fully saturated rings. The van der Waals surface area contributed by atoms with Crippen molar-refractivity contribution in [1.82, 2.24) is 19.9 Å². The first-order chi connectivity index (χ1) is 13.5. The number of nitrogens with zero attached hydrogens (tertiary/aromatic N) is 3. The number of fused-ring (bicyclic) bond motifs is 1. The van der Waals surface area contributed by atoms with Crippen LogP contribution < -0.4 is 0 Å². The van der Waals surface area contributed by atoms with Gasteiger partial charge in [0.05, 0.1) is 16.8 Å². The second-order valence-electron chi connectivity index (χ2n) is 7.62. The van der Waals surface area contributed by atoms with Crippen molar-refractivity contribution >= 4 is 28.7 Å². The number of benzene rings is 1. The molecule has 0 radical (unpaired) electrons. The van der Waals surface area contributed by atoms with Crippen LogP contribution in [0, 0.1) is 13.8 Å². The Morgan fingerprint density at radius 2 is 2.11 bits per heavy atom. The van der Waals surface area contributed by atoms with Crippen LogP contribution in [0.5, 0.6) is 0 Å². The van der Waals surface area contributed by atoms with Crippen molar-refractivity contribution in [3.63, 3.8) is 0 Å². The first-order valence-corrected chi connectivity index (χ1v) is 10.9.